The molecule has 2 aliphatic carbocycles. The zero-order valence-corrected chi connectivity index (χ0v) is 17.7. The normalized spacial score (nSPS) is 20.8. The van der Waals surface area contributed by atoms with Gasteiger partial charge in [-0.1, -0.05) is 58.7 Å². The van der Waals surface area contributed by atoms with E-state index < -0.39 is 0 Å². The lowest BCUT2D eigenvalue weighted by atomic mass is 9.87. The van der Waals surface area contributed by atoms with Crippen LogP contribution in [0.3, 0.4) is 0 Å². The summed E-state index contributed by atoms with van der Waals surface area (Å²) in [4.78, 5) is 0. The number of aryl methyl sites for hydroxylation is 6. The molecular weight excluding hydrogens is 324 g/mol. The summed E-state index contributed by atoms with van der Waals surface area (Å²) in [5.41, 5.74) is 14.9. The van der Waals surface area contributed by atoms with Gasteiger partial charge in [0.25, 0.3) is 0 Å². The molecule has 2 atom stereocenters. The Balaban J connectivity index is 1.52. The molecule has 2 bridgehead atoms. The predicted molar refractivity (Wildman–Crippen MR) is 116 cm³/mol. The highest BCUT2D eigenvalue weighted by molar-refractivity contribution is 5.47. The van der Waals surface area contributed by atoms with Crippen molar-refractivity contribution in [3.05, 3.63) is 92.1 Å². The standard InChI is InChI=1S/C27H32/c1-16-7-18(3)26(19(4)8-16)14-24-12-23-11-22(24)13-25(23)15-27-20(5)9-17(2)10-21(27)6/h7-10,12-13,22-23H,11,14-15H2,1-6H3/t22-,23-/m1/s1. The molecular formula is C27H32. The van der Waals surface area contributed by atoms with Crippen LogP contribution >= 0.6 is 0 Å². The van der Waals surface area contributed by atoms with Crippen LogP contribution in [-0.4, -0.2) is 0 Å². The summed E-state index contributed by atoms with van der Waals surface area (Å²) >= 11 is 0. The molecule has 4 rings (SSSR count). The molecule has 0 radical (unpaired) electrons. The van der Waals surface area contributed by atoms with Gasteiger partial charge in [-0.15, -0.1) is 0 Å². The molecule has 0 heterocycles. The summed E-state index contributed by atoms with van der Waals surface area (Å²) in [5.74, 6) is 1.33. The number of fused-ring (bicyclic) bond motifs is 2. The summed E-state index contributed by atoms with van der Waals surface area (Å²) in [6.45, 7) is 13.5. The van der Waals surface area contributed by atoms with Crippen LogP contribution in [0.4, 0.5) is 0 Å². The minimum absolute atomic E-state index is 0.663. The first kappa shape index (κ1) is 18.3. The van der Waals surface area contributed by atoms with E-state index in [9.17, 15) is 0 Å². The van der Waals surface area contributed by atoms with Crippen LogP contribution in [-0.2, 0) is 12.8 Å². The summed E-state index contributed by atoms with van der Waals surface area (Å²) in [6, 6.07) is 9.33. The van der Waals surface area contributed by atoms with Gasteiger partial charge in [0.15, 0.2) is 0 Å². The van der Waals surface area contributed by atoms with Crippen molar-refractivity contribution in [2.24, 2.45) is 11.8 Å². The Hall–Kier alpha value is -2.08. The third-order valence-electron chi connectivity index (χ3n) is 6.73. The molecule has 0 spiro atoms. The van der Waals surface area contributed by atoms with Gasteiger partial charge >= 0.3 is 0 Å². The van der Waals surface area contributed by atoms with E-state index in [0.29, 0.717) is 11.8 Å². The van der Waals surface area contributed by atoms with E-state index in [2.05, 4.69) is 78.0 Å². The molecule has 140 valence electrons. The second kappa shape index (κ2) is 6.82. The van der Waals surface area contributed by atoms with Crippen LogP contribution in [0.2, 0.25) is 0 Å². The first-order valence-electron chi connectivity index (χ1n) is 10.4. The molecule has 2 aromatic rings. The van der Waals surface area contributed by atoms with E-state index in [4.69, 9.17) is 0 Å². The molecule has 0 aliphatic heterocycles. The number of rotatable bonds is 4. The third-order valence-corrected chi connectivity index (χ3v) is 6.73. The molecule has 0 saturated heterocycles. The van der Waals surface area contributed by atoms with Crippen molar-refractivity contribution < 1.29 is 0 Å². The molecule has 0 aromatic heterocycles. The summed E-state index contributed by atoms with van der Waals surface area (Å²) in [7, 11) is 0. The van der Waals surface area contributed by atoms with Gasteiger partial charge in [0.05, 0.1) is 0 Å². The molecule has 0 amide bonds. The van der Waals surface area contributed by atoms with Crippen LogP contribution < -0.4 is 0 Å². The molecule has 0 unspecified atom stereocenters. The van der Waals surface area contributed by atoms with Crippen molar-refractivity contribution in [2.75, 3.05) is 0 Å². The summed E-state index contributed by atoms with van der Waals surface area (Å²) in [6.07, 6.45) is 8.75. The number of allylic oxidation sites excluding steroid dienone is 4. The highest BCUT2D eigenvalue weighted by atomic mass is 14.4. The maximum absolute atomic E-state index is 2.59. The molecule has 0 fully saturated rings. The van der Waals surface area contributed by atoms with E-state index >= 15 is 0 Å². The van der Waals surface area contributed by atoms with Crippen molar-refractivity contribution in [3.8, 4) is 0 Å². The third kappa shape index (κ3) is 3.43. The van der Waals surface area contributed by atoms with Crippen LogP contribution in [0.5, 0.6) is 0 Å². The molecule has 0 nitrogen and oxygen atoms in total. The minimum atomic E-state index is 0.663. The maximum Gasteiger partial charge on any atom is -0.000804 e. The highest BCUT2D eigenvalue weighted by Gasteiger charge is 2.34. The van der Waals surface area contributed by atoms with Gasteiger partial charge in [-0.3, -0.25) is 0 Å². The van der Waals surface area contributed by atoms with E-state index in [1.165, 1.54) is 39.8 Å². The Labute approximate surface area is 165 Å². The number of hydrogen-bond donors (Lipinski definition) is 0. The first-order chi connectivity index (χ1) is 12.8. The quantitative estimate of drug-likeness (QED) is 0.527. The van der Waals surface area contributed by atoms with Crippen LogP contribution in [0.1, 0.15) is 50.9 Å². The van der Waals surface area contributed by atoms with Crippen molar-refractivity contribution in [3.63, 3.8) is 0 Å². The fourth-order valence-electron chi connectivity index (χ4n) is 5.46. The predicted octanol–water partition coefficient (Wildman–Crippen LogP) is 6.82. The Kier molecular flexibility index (Phi) is 4.62. The Morgan fingerprint density at radius 3 is 1.22 bits per heavy atom. The monoisotopic (exact) mass is 356 g/mol. The average molecular weight is 357 g/mol. The average Bonchev–Trinajstić information content (AvgIpc) is 3.14. The van der Waals surface area contributed by atoms with Crippen molar-refractivity contribution in [1.29, 1.82) is 0 Å². The topological polar surface area (TPSA) is 0 Å². The maximum atomic E-state index is 2.59. The lowest BCUT2D eigenvalue weighted by Crippen LogP contribution is -2.05. The van der Waals surface area contributed by atoms with Crippen molar-refractivity contribution in [1.82, 2.24) is 0 Å². The molecule has 0 saturated carbocycles. The molecule has 2 aromatic carbocycles. The van der Waals surface area contributed by atoms with Crippen LogP contribution in [0, 0.1) is 53.4 Å². The zero-order valence-electron chi connectivity index (χ0n) is 17.7. The van der Waals surface area contributed by atoms with E-state index in [-0.39, 0.29) is 0 Å². The molecule has 0 N–H and O–H groups in total. The molecule has 27 heavy (non-hydrogen) atoms. The van der Waals surface area contributed by atoms with Gasteiger partial charge in [-0.05, 0) is 106 Å². The van der Waals surface area contributed by atoms with Gasteiger partial charge < -0.3 is 0 Å². The molecule has 2 aliphatic rings. The fourth-order valence-corrected chi connectivity index (χ4v) is 5.46. The van der Waals surface area contributed by atoms with E-state index in [1.807, 2.05) is 0 Å². The summed E-state index contributed by atoms with van der Waals surface area (Å²) < 4.78 is 0. The van der Waals surface area contributed by atoms with Gasteiger partial charge in [-0.2, -0.15) is 0 Å². The second-order valence-electron chi connectivity index (χ2n) is 9.04. The van der Waals surface area contributed by atoms with Gasteiger partial charge in [-0.25, -0.2) is 0 Å². The lowest BCUT2D eigenvalue weighted by molar-refractivity contribution is 0.685. The van der Waals surface area contributed by atoms with Crippen molar-refractivity contribution in [2.45, 2.75) is 60.8 Å². The second-order valence-corrected chi connectivity index (χ2v) is 9.04. The van der Waals surface area contributed by atoms with Gasteiger partial charge in [0.1, 0.15) is 0 Å². The van der Waals surface area contributed by atoms with Gasteiger partial charge in [0, 0.05) is 0 Å². The smallest absolute Gasteiger partial charge is 0.000804 e. The number of hydrogen-bond acceptors (Lipinski definition) is 0. The van der Waals surface area contributed by atoms with Gasteiger partial charge in [0.2, 0.25) is 0 Å². The van der Waals surface area contributed by atoms with E-state index in [1.54, 1.807) is 22.3 Å². The largest absolute Gasteiger partial charge is 0.0772 e. The zero-order chi connectivity index (χ0) is 19.3. The fraction of sp³-hybridized carbons (Fsp3) is 0.407. The SMILES string of the molecule is Cc1cc(C)c(CC2=C[C@H]3C[C@@H]2C=C3Cc2c(C)cc(C)cc2C)c(C)c1. The Morgan fingerprint density at radius 1 is 0.593 bits per heavy atom. The Morgan fingerprint density at radius 2 is 0.926 bits per heavy atom. The Bertz CT molecular complexity index is 842. The lowest BCUT2D eigenvalue weighted by Gasteiger charge is -2.18. The summed E-state index contributed by atoms with van der Waals surface area (Å²) in [5, 5.41) is 0. The molecule has 0 heteroatoms. The van der Waals surface area contributed by atoms with Crippen LogP contribution in [0.15, 0.2) is 47.6 Å². The van der Waals surface area contributed by atoms with E-state index in [0.717, 1.165) is 12.8 Å². The minimum Gasteiger partial charge on any atom is -0.0772 e. The number of benzene rings is 2. The highest BCUT2D eigenvalue weighted by Crippen LogP contribution is 2.45. The van der Waals surface area contributed by atoms with Crippen LogP contribution in [0.25, 0.3) is 0 Å². The van der Waals surface area contributed by atoms with Crippen molar-refractivity contribution >= 4 is 0 Å². The first-order valence-corrected chi connectivity index (χ1v) is 10.4.